The van der Waals surface area contributed by atoms with Crippen molar-refractivity contribution in [1.82, 2.24) is 4.72 Å². The molecule has 1 saturated carbocycles. The molecule has 0 aromatic carbocycles. The van der Waals surface area contributed by atoms with Crippen molar-refractivity contribution in [3.8, 4) is 0 Å². The molecule has 5 nitrogen and oxygen atoms in total. The lowest BCUT2D eigenvalue weighted by Crippen LogP contribution is -2.47. The number of nitrogens with one attached hydrogen (secondary N) is 1. The van der Waals surface area contributed by atoms with E-state index < -0.39 is 10.0 Å². The first-order chi connectivity index (χ1) is 8.77. The van der Waals surface area contributed by atoms with Crippen molar-refractivity contribution in [3.63, 3.8) is 0 Å². The topological polar surface area (TPSA) is 72.5 Å². The summed E-state index contributed by atoms with van der Waals surface area (Å²) in [6, 6.07) is 0.00405. The molecule has 0 aromatic heterocycles. The van der Waals surface area contributed by atoms with Gasteiger partial charge in [-0.25, -0.2) is 13.1 Å². The van der Waals surface area contributed by atoms with Crippen LogP contribution in [0.5, 0.6) is 0 Å². The van der Waals surface area contributed by atoms with E-state index in [-0.39, 0.29) is 29.6 Å². The number of methoxy groups -OCH3 is 1. The number of ether oxygens (including phenoxy) is 1. The van der Waals surface area contributed by atoms with Gasteiger partial charge < -0.3 is 4.74 Å². The Morgan fingerprint density at radius 1 is 1.37 bits per heavy atom. The summed E-state index contributed by atoms with van der Waals surface area (Å²) in [5.74, 6) is -0.387. The van der Waals surface area contributed by atoms with E-state index in [1.807, 2.05) is 0 Å². The number of esters is 1. The predicted molar refractivity (Wildman–Crippen MR) is 74.2 cm³/mol. The molecular weight excluding hydrogens is 266 g/mol. The molecule has 1 atom stereocenters. The summed E-state index contributed by atoms with van der Waals surface area (Å²) in [6.45, 7) is 4.21. The van der Waals surface area contributed by atoms with E-state index >= 15 is 0 Å². The molecule has 0 spiro atoms. The lowest BCUT2D eigenvalue weighted by molar-refractivity contribution is -0.140. The van der Waals surface area contributed by atoms with Crippen molar-refractivity contribution in [1.29, 1.82) is 0 Å². The summed E-state index contributed by atoms with van der Waals surface area (Å²) in [7, 11) is -2.01. The molecule has 1 fully saturated rings. The van der Waals surface area contributed by atoms with Crippen LogP contribution in [0.4, 0.5) is 0 Å². The highest BCUT2D eigenvalue weighted by Crippen LogP contribution is 2.35. The Labute approximate surface area is 116 Å². The van der Waals surface area contributed by atoms with E-state index in [9.17, 15) is 13.2 Å². The van der Waals surface area contributed by atoms with Gasteiger partial charge in [-0.05, 0) is 24.7 Å². The standard InChI is InChI=1S/C13H25NO4S/c1-13(2)9-5-4-7-11(13)14-19(16,17)10-6-8-12(15)18-3/h11,14H,4-10H2,1-3H3. The molecule has 1 aliphatic rings. The zero-order valence-corrected chi connectivity index (χ0v) is 12.9. The molecule has 1 N–H and O–H groups in total. The van der Waals surface area contributed by atoms with Gasteiger partial charge in [-0.1, -0.05) is 26.7 Å². The monoisotopic (exact) mass is 291 g/mol. The highest BCUT2D eigenvalue weighted by atomic mass is 32.2. The number of carbonyl (C=O) groups excluding carboxylic acids is 1. The highest BCUT2D eigenvalue weighted by Gasteiger charge is 2.34. The second-order valence-electron chi connectivity index (χ2n) is 5.90. The number of carbonyl (C=O) groups is 1. The summed E-state index contributed by atoms with van der Waals surface area (Å²) in [5, 5.41) is 0. The first kappa shape index (κ1) is 16.4. The SMILES string of the molecule is COC(=O)CCCS(=O)(=O)NC1CCCCC1(C)C. The fraction of sp³-hybridized carbons (Fsp3) is 0.923. The molecule has 6 heteroatoms. The number of sulfonamides is 1. The number of hydrogen-bond donors (Lipinski definition) is 1. The third-order valence-electron chi connectivity index (χ3n) is 3.85. The molecule has 0 aromatic rings. The largest absolute Gasteiger partial charge is 0.469 e. The molecule has 0 heterocycles. The van der Waals surface area contributed by atoms with Crippen LogP contribution in [0.15, 0.2) is 0 Å². The quantitative estimate of drug-likeness (QED) is 0.758. The number of hydrogen-bond acceptors (Lipinski definition) is 4. The van der Waals surface area contributed by atoms with Crippen molar-refractivity contribution in [3.05, 3.63) is 0 Å². The third kappa shape index (κ3) is 5.48. The zero-order chi connectivity index (χ0) is 14.5. The molecule has 1 aliphatic carbocycles. The van der Waals surface area contributed by atoms with Crippen LogP contribution in [0.25, 0.3) is 0 Å². The lowest BCUT2D eigenvalue weighted by atomic mass is 9.74. The van der Waals surface area contributed by atoms with Crippen molar-refractivity contribution in [2.45, 2.75) is 58.4 Å². The summed E-state index contributed by atoms with van der Waals surface area (Å²) in [5.41, 5.74) is 0.00761. The van der Waals surface area contributed by atoms with Gasteiger partial charge >= 0.3 is 5.97 Å². The second-order valence-corrected chi connectivity index (χ2v) is 7.78. The van der Waals surface area contributed by atoms with Crippen LogP contribution < -0.4 is 4.72 Å². The molecular formula is C13H25NO4S. The third-order valence-corrected chi connectivity index (χ3v) is 5.32. The maximum Gasteiger partial charge on any atom is 0.305 e. The molecule has 0 saturated heterocycles. The van der Waals surface area contributed by atoms with Gasteiger partial charge in [0.1, 0.15) is 0 Å². The lowest BCUT2D eigenvalue weighted by Gasteiger charge is -2.38. The Balaban J connectivity index is 2.47. The van der Waals surface area contributed by atoms with Crippen molar-refractivity contribution in [2.75, 3.05) is 12.9 Å². The minimum Gasteiger partial charge on any atom is -0.469 e. The zero-order valence-electron chi connectivity index (χ0n) is 12.1. The molecule has 0 aliphatic heterocycles. The predicted octanol–water partition coefficient (Wildman–Crippen LogP) is 1.83. The molecule has 1 unspecified atom stereocenters. The summed E-state index contributed by atoms with van der Waals surface area (Å²) >= 11 is 0. The minimum absolute atomic E-state index is 0.00405. The van der Waals surface area contributed by atoms with Crippen LogP contribution in [0, 0.1) is 5.41 Å². The Morgan fingerprint density at radius 2 is 2.05 bits per heavy atom. The fourth-order valence-corrected chi connectivity index (χ4v) is 4.01. The van der Waals surface area contributed by atoms with Gasteiger partial charge in [-0.3, -0.25) is 4.79 Å². The van der Waals surface area contributed by atoms with Crippen LogP contribution in [-0.4, -0.2) is 33.3 Å². The van der Waals surface area contributed by atoms with Crippen LogP contribution in [-0.2, 0) is 19.6 Å². The van der Waals surface area contributed by atoms with Crippen LogP contribution in [0.2, 0.25) is 0 Å². The molecule has 112 valence electrons. The second kappa shape index (κ2) is 6.70. The average molecular weight is 291 g/mol. The maximum atomic E-state index is 12.0. The van der Waals surface area contributed by atoms with Gasteiger partial charge in [-0.2, -0.15) is 0 Å². The number of rotatable bonds is 6. The van der Waals surface area contributed by atoms with E-state index in [1.54, 1.807) is 0 Å². The summed E-state index contributed by atoms with van der Waals surface area (Å²) in [4.78, 5) is 11.0. The first-order valence-electron chi connectivity index (χ1n) is 6.84. The maximum absolute atomic E-state index is 12.0. The average Bonchev–Trinajstić information content (AvgIpc) is 2.31. The van der Waals surface area contributed by atoms with E-state index in [1.165, 1.54) is 7.11 Å². The summed E-state index contributed by atoms with van der Waals surface area (Å²) in [6.07, 6.45) is 4.61. The molecule has 1 rings (SSSR count). The molecule has 19 heavy (non-hydrogen) atoms. The van der Waals surface area contributed by atoms with E-state index in [4.69, 9.17) is 0 Å². The van der Waals surface area contributed by atoms with Gasteiger partial charge in [-0.15, -0.1) is 0 Å². The first-order valence-corrected chi connectivity index (χ1v) is 8.49. The Hall–Kier alpha value is -0.620. The minimum atomic E-state index is -3.31. The highest BCUT2D eigenvalue weighted by molar-refractivity contribution is 7.89. The van der Waals surface area contributed by atoms with Gasteiger partial charge in [0.2, 0.25) is 10.0 Å². The van der Waals surface area contributed by atoms with Gasteiger partial charge in [0.25, 0.3) is 0 Å². The van der Waals surface area contributed by atoms with E-state index in [0.29, 0.717) is 6.42 Å². The molecule has 0 bridgehead atoms. The summed E-state index contributed by atoms with van der Waals surface area (Å²) < 4.78 is 31.3. The smallest absolute Gasteiger partial charge is 0.305 e. The Morgan fingerprint density at radius 3 is 2.63 bits per heavy atom. The van der Waals surface area contributed by atoms with Crippen molar-refractivity contribution >= 4 is 16.0 Å². The van der Waals surface area contributed by atoms with Gasteiger partial charge in [0.15, 0.2) is 0 Å². The molecule has 0 radical (unpaired) electrons. The normalized spacial score (nSPS) is 23.0. The van der Waals surface area contributed by atoms with Crippen LogP contribution in [0.1, 0.15) is 52.4 Å². The van der Waals surface area contributed by atoms with Crippen LogP contribution in [0.3, 0.4) is 0 Å². The van der Waals surface area contributed by atoms with E-state index in [2.05, 4.69) is 23.3 Å². The fourth-order valence-electron chi connectivity index (χ4n) is 2.50. The molecule has 0 amide bonds. The van der Waals surface area contributed by atoms with E-state index in [0.717, 1.165) is 25.7 Å². The van der Waals surface area contributed by atoms with Crippen molar-refractivity contribution in [2.24, 2.45) is 5.41 Å². The Bertz CT molecular complexity index is 403. The Kier molecular flexibility index (Phi) is 5.80. The van der Waals surface area contributed by atoms with Gasteiger partial charge in [0.05, 0.1) is 12.9 Å². The van der Waals surface area contributed by atoms with Gasteiger partial charge in [0, 0.05) is 12.5 Å². The van der Waals surface area contributed by atoms with Crippen molar-refractivity contribution < 1.29 is 17.9 Å². The van der Waals surface area contributed by atoms with Crippen LogP contribution >= 0.6 is 0 Å².